The molecule has 0 radical (unpaired) electrons. The Kier molecular flexibility index (Phi) is 6.91. The number of anilines is 1. The standard InChI is InChI=1S/C27H32N6O2/c1-27(2,3)35-26(34)33-15-13-32(14-16-33)25-22(24(28)29)18-23(31-25)20-11-12-30-21(17-20)10-9-19-7-5-4-6-8-19/h4-12,17-18,31H,13-16H2,1-3H3,(H3,28,29). The second-order valence-corrected chi connectivity index (χ2v) is 9.53. The Balaban J connectivity index is 1.51. The summed E-state index contributed by atoms with van der Waals surface area (Å²) in [5.74, 6) is 0.782. The Labute approximate surface area is 205 Å². The molecule has 1 aromatic carbocycles. The number of hydrogen-bond acceptors (Lipinski definition) is 5. The number of carbonyl (C=O) groups excluding carboxylic acids is 1. The van der Waals surface area contributed by atoms with E-state index in [1.165, 1.54) is 0 Å². The number of benzene rings is 1. The first-order valence-corrected chi connectivity index (χ1v) is 11.7. The van der Waals surface area contributed by atoms with Gasteiger partial charge in [-0.05, 0) is 50.6 Å². The van der Waals surface area contributed by atoms with Gasteiger partial charge in [0, 0.05) is 43.6 Å². The fourth-order valence-corrected chi connectivity index (χ4v) is 3.95. The summed E-state index contributed by atoms with van der Waals surface area (Å²) in [6.45, 7) is 7.88. The molecule has 0 spiro atoms. The second kappa shape index (κ2) is 10.0. The Morgan fingerprint density at radius 2 is 1.80 bits per heavy atom. The minimum absolute atomic E-state index is 0.00433. The van der Waals surface area contributed by atoms with Gasteiger partial charge in [0.15, 0.2) is 0 Å². The molecule has 0 saturated carbocycles. The van der Waals surface area contributed by atoms with Crippen molar-refractivity contribution < 1.29 is 9.53 Å². The largest absolute Gasteiger partial charge is 0.444 e. The lowest BCUT2D eigenvalue weighted by atomic mass is 10.1. The van der Waals surface area contributed by atoms with Crippen LogP contribution < -0.4 is 10.6 Å². The lowest BCUT2D eigenvalue weighted by Gasteiger charge is -2.36. The maximum absolute atomic E-state index is 12.4. The predicted octanol–water partition coefficient (Wildman–Crippen LogP) is 4.59. The Bertz CT molecular complexity index is 1220. The van der Waals surface area contributed by atoms with Crippen molar-refractivity contribution in [2.24, 2.45) is 5.73 Å². The van der Waals surface area contributed by atoms with Crippen molar-refractivity contribution in [3.05, 3.63) is 71.5 Å². The monoisotopic (exact) mass is 472 g/mol. The Morgan fingerprint density at radius 1 is 1.09 bits per heavy atom. The molecule has 2 aromatic heterocycles. The van der Waals surface area contributed by atoms with Gasteiger partial charge in [0.2, 0.25) is 0 Å². The van der Waals surface area contributed by atoms with Crippen LogP contribution in [0, 0.1) is 5.41 Å². The highest BCUT2D eigenvalue weighted by Gasteiger charge is 2.28. The molecule has 1 aliphatic rings. The third kappa shape index (κ3) is 6.09. The molecule has 8 heteroatoms. The summed E-state index contributed by atoms with van der Waals surface area (Å²) in [6.07, 6.45) is 5.47. The molecular weight excluding hydrogens is 440 g/mol. The summed E-state index contributed by atoms with van der Waals surface area (Å²) in [7, 11) is 0. The minimum Gasteiger partial charge on any atom is -0.444 e. The van der Waals surface area contributed by atoms with Gasteiger partial charge in [-0.1, -0.05) is 36.4 Å². The molecule has 182 valence electrons. The van der Waals surface area contributed by atoms with Crippen molar-refractivity contribution in [3.8, 4) is 11.3 Å². The molecule has 35 heavy (non-hydrogen) atoms. The molecule has 3 heterocycles. The van der Waals surface area contributed by atoms with Crippen LogP contribution in [-0.2, 0) is 4.74 Å². The number of amidine groups is 1. The van der Waals surface area contributed by atoms with E-state index in [9.17, 15) is 4.79 Å². The van der Waals surface area contributed by atoms with Gasteiger partial charge >= 0.3 is 6.09 Å². The molecule has 0 aliphatic carbocycles. The zero-order chi connectivity index (χ0) is 25.0. The molecule has 1 amide bonds. The lowest BCUT2D eigenvalue weighted by molar-refractivity contribution is 0.0240. The van der Waals surface area contributed by atoms with Gasteiger partial charge in [0.1, 0.15) is 17.3 Å². The van der Waals surface area contributed by atoms with E-state index in [0.717, 1.165) is 28.3 Å². The Hall–Kier alpha value is -4.07. The number of nitrogen functional groups attached to an aromatic ring is 1. The minimum atomic E-state index is -0.524. The van der Waals surface area contributed by atoms with Crippen molar-refractivity contribution >= 4 is 29.9 Å². The van der Waals surface area contributed by atoms with E-state index in [1.807, 2.05) is 81.5 Å². The molecule has 0 bridgehead atoms. The third-order valence-corrected chi connectivity index (χ3v) is 5.67. The number of aromatic amines is 1. The van der Waals surface area contributed by atoms with Crippen LogP contribution >= 0.6 is 0 Å². The summed E-state index contributed by atoms with van der Waals surface area (Å²) in [5, 5.41) is 8.10. The number of nitrogens with one attached hydrogen (secondary N) is 2. The average Bonchev–Trinajstić information content (AvgIpc) is 3.29. The number of piperazine rings is 1. The highest BCUT2D eigenvalue weighted by molar-refractivity contribution is 6.01. The summed E-state index contributed by atoms with van der Waals surface area (Å²) in [6, 6.07) is 15.9. The average molecular weight is 473 g/mol. The van der Waals surface area contributed by atoms with Crippen LogP contribution in [0.5, 0.6) is 0 Å². The number of ether oxygens (including phenoxy) is 1. The number of H-pyrrole nitrogens is 1. The predicted molar refractivity (Wildman–Crippen MR) is 140 cm³/mol. The van der Waals surface area contributed by atoms with Crippen LogP contribution in [0.25, 0.3) is 23.4 Å². The van der Waals surface area contributed by atoms with Gasteiger partial charge in [0.05, 0.1) is 11.3 Å². The zero-order valence-corrected chi connectivity index (χ0v) is 20.4. The first-order chi connectivity index (χ1) is 16.7. The number of amides is 1. The number of aromatic nitrogens is 2. The van der Waals surface area contributed by atoms with Gasteiger partial charge in [-0.25, -0.2) is 4.79 Å². The number of carbonyl (C=O) groups is 1. The van der Waals surface area contributed by atoms with Gasteiger partial charge in [-0.2, -0.15) is 0 Å². The fraction of sp³-hybridized carbons (Fsp3) is 0.296. The van der Waals surface area contributed by atoms with Crippen LogP contribution in [0.2, 0.25) is 0 Å². The van der Waals surface area contributed by atoms with Crippen molar-refractivity contribution in [2.75, 3.05) is 31.1 Å². The number of rotatable bonds is 5. The number of hydrogen-bond donors (Lipinski definition) is 3. The molecule has 3 aromatic rings. The lowest BCUT2D eigenvalue weighted by Crippen LogP contribution is -2.50. The van der Waals surface area contributed by atoms with Crippen LogP contribution in [0.4, 0.5) is 10.6 Å². The highest BCUT2D eigenvalue weighted by Crippen LogP contribution is 2.29. The molecule has 0 atom stereocenters. The van der Waals surface area contributed by atoms with Gasteiger partial charge in [0.25, 0.3) is 0 Å². The molecule has 1 saturated heterocycles. The molecule has 0 unspecified atom stereocenters. The number of nitrogens with zero attached hydrogens (tertiary/aromatic N) is 3. The first kappa shape index (κ1) is 24.1. The quantitative estimate of drug-likeness (QED) is 0.372. The van der Waals surface area contributed by atoms with Crippen LogP contribution in [0.15, 0.2) is 54.7 Å². The van der Waals surface area contributed by atoms with E-state index in [4.69, 9.17) is 15.9 Å². The third-order valence-electron chi connectivity index (χ3n) is 5.67. The molecular formula is C27H32N6O2. The van der Waals surface area contributed by atoms with E-state index in [2.05, 4.69) is 14.9 Å². The Morgan fingerprint density at radius 3 is 2.46 bits per heavy atom. The molecule has 1 aliphatic heterocycles. The fourth-order valence-electron chi connectivity index (χ4n) is 3.95. The van der Waals surface area contributed by atoms with E-state index in [0.29, 0.717) is 31.7 Å². The second-order valence-electron chi connectivity index (χ2n) is 9.53. The smallest absolute Gasteiger partial charge is 0.410 e. The number of pyridine rings is 1. The van der Waals surface area contributed by atoms with Crippen molar-refractivity contribution in [1.82, 2.24) is 14.9 Å². The first-order valence-electron chi connectivity index (χ1n) is 11.7. The van der Waals surface area contributed by atoms with Crippen LogP contribution in [0.1, 0.15) is 37.6 Å². The highest BCUT2D eigenvalue weighted by atomic mass is 16.6. The van der Waals surface area contributed by atoms with E-state index in [-0.39, 0.29) is 11.9 Å². The maximum atomic E-state index is 12.4. The van der Waals surface area contributed by atoms with Crippen molar-refractivity contribution in [1.29, 1.82) is 5.41 Å². The summed E-state index contributed by atoms with van der Waals surface area (Å²) >= 11 is 0. The van der Waals surface area contributed by atoms with Crippen LogP contribution in [-0.4, -0.2) is 58.6 Å². The topological polar surface area (TPSA) is 111 Å². The van der Waals surface area contributed by atoms with Crippen molar-refractivity contribution in [3.63, 3.8) is 0 Å². The van der Waals surface area contributed by atoms with Crippen molar-refractivity contribution in [2.45, 2.75) is 26.4 Å². The summed E-state index contributed by atoms with van der Waals surface area (Å²) in [5.41, 5.74) is 9.79. The molecule has 4 N–H and O–H groups in total. The van der Waals surface area contributed by atoms with E-state index in [1.54, 1.807) is 11.1 Å². The summed E-state index contributed by atoms with van der Waals surface area (Å²) in [4.78, 5) is 24.2. The molecule has 4 rings (SSSR count). The zero-order valence-electron chi connectivity index (χ0n) is 20.4. The van der Waals surface area contributed by atoms with E-state index < -0.39 is 5.60 Å². The normalized spacial score (nSPS) is 14.4. The molecule has 8 nitrogen and oxygen atoms in total. The molecule has 1 fully saturated rings. The maximum Gasteiger partial charge on any atom is 0.410 e. The SMILES string of the molecule is CC(C)(C)OC(=O)N1CCN(c2[nH]c(-c3ccnc(C=Cc4ccccc4)c3)cc2C(=N)N)CC1. The van der Waals surface area contributed by atoms with Gasteiger partial charge in [-0.15, -0.1) is 0 Å². The summed E-state index contributed by atoms with van der Waals surface area (Å²) < 4.78 is 5.50. The number of nitrogens with two attached hydrogens (primary N) is 1. The van der Waals surface area contributed by atoms with Gasteiger partial charge < -0.3 is 25.3 Å². The van der Waals surface area contributed by atoms with Gasteiger partial charge in [-0.3, -0.25) is 10.4 Å². The van der Waals surface area contributed by atoms with E-state index >= 15 is 0 Å². The van der Waals surface area contributed by atoms with Crippen LogP contribution in [0.3, 0.4) is 0 Å².